The molecule has 1 heterocycles. The number of rotatable bonds is 0. The molecule has 1 aliphatic rings. The highest BCUT2D eigenvalue weighted by atomic mass is 16.5. The summed E-state index contributed by atoms with van der Waals surface area (Å²) in [6, 6.07) is 0. The molecule has 0 aromatic carbocycles. The van der Waals surface area contributed by atoms with Crippen LogP contribution in [0.2, 0.25) is 0 Å². The van der Waals surface area contributed by atoms with Crippen LogP contribution in [0.15, 0.2) is 0 Å². The van der Waals surface area contributed by atoms with Crippen molar-refractivity contribution >= 4 is 5.91 Å². The van der Waals surface area contributed by atoms with Gasteiger partial charge >= 0.3 is 12.6 Å². The van der Waals surface area contributed by atoms with Gasteiger partial charge in [-0.1, -0.05) is 0 Å². The van der Waals surface area contributed by atoms with Gasteiger partial charge in [0.25, 0.3) is 0 Å². The number of hydrogen-bond acceptors (Lipinski definition) is 3. The van der Waals surface area contributed by atoms with E-state index in [2.05, 4.69) is 4.74 Å². The summed E-state index contributed by atoms with van der Waals surface area (Å²) in [6.45, 7) is -0.150. The summed E-state index contributed by atoms with van der Waals surface area (Å²) in [5.74, 6) is -0.486. The quantitative estimate of drug-likeness (QED) is 0.379. The zero-order chi connectivity index (χ0) is 5.28. The molecule has 0 atom stereocenters. The molecule has 1 aliphatic heterocycles. The average Bonchev–Trinajstić information content (AvgIpc) is 1.91. The highest BCUT2D eigenvalue weighted by Crippen LogP contribution is 1.89. The smallest absolute Gasteiger partial charge is 0.305 e. The predicted molar refractivity (Wildman–Crippen MR) is 19.5 cm³/mol. The molecule has 0 aliphatic carbocycles. The van der Waals surface area contributed by atoms with Gasteiger partial charge in [-0.3, -0.25) is 0 Å². The normalized spacial score (nSPS) is 21.1. The summed E-state index contributed by atoms with van der Waals surface area (Å²) in [7, 11) is 0. The Hall–Kier alpha value is -0.770. The van der Waals surface area contributed by atoms with Gasteiger partial charge in [0.1, 0.15) is 4.76 Å². The van der Waals surface area contributed by atoms with Crippen LogP contribution in [0.4, 0.5) is 0 Å². The van der Waals surface area contributed by atoms with Gasteiger partial charge < -0.3 is 4.74 Å². The number of amides is 1. The number of carbonyl (C=O) groups is 1. The molecule has 38 valence electrons. The zero-order valence-corrected chi connectivity index (χ0v) is 3.59. The third-order valence-electron chi connectivity index (χ3n) is 0.712. The number of nitroso groups, excluding NO2 is 1. The molecule has 4 heteroatoms. The third kappa shape index (κ3) is 0.640. The molecule has 1 saturated heterocycles. The van der Waals surface area contributed by atoms with Crippen LogP contribution < -0.4 is 0 Å². The molecule has 0 saturated carbocycles. The van der Waals surface area contributed by atoms with Gasteiger partial charge in [-0.05, 0) is 0 Å². The topological polar surface area (TPSA) is 46.4 Å². The fraction of sp³-hybridized carbons (Fsp3) is 0.667. The SMILES string of the molecule is O=C1COC[N+]1=O. The van der Waals surface area contributed by atoms with Crippen LogP contribution in [-0.4, -0.2) is 24.0 Å². The van der Waals surface area contributed by atoms with Crippen LogP contribution in [-0.2, 0) is 9.53 Å². The van der Waals surface area contributed by atoms with Crippen LogP contribution >= 0.6 is 0 Å². The first-order valence-corrected chi connectivity index (χ1v) is 1.86. The fourth-order valence-electron chi connectivity index (χ4n) is 0.360. The summed E-state index contributed by atoms with van der Waals surface area (Å²) in [5, 5.41) is 0. The van der Waals surface area contributed by atoms with Crippen molar-refractivity contribution in [2.24, 2.45) is 0 Å². The fourth-order valence-corrected chi connectivity index (χ4v) is 0.360. The number of nitrogens with zero attached hydrogens (tertiary/aromatic N) is 1. The molecule has 0 unspecified atom stereocenters. The predicted octanol–water partition coefficient (Wildman–Crippen LogP) is -0.720. The van der Waals surface area contributed by atoms with Crippen LogP contribution in [0.1, 0.15) is 0 Å². The van der Waals surface area contributed by atoms with E-state index in [1.165, 1.54) is 0 Å². The van der Waals surface area contributed by atoms with E-state index in [0.717, 1.165) is 0 Å². The van der Waals surface area contributed by atoms with Crippen LogP contribution in [0.5, 0.6) is 0 Å². The molecule has 0 aromatic heterocycles. The number of hydrogen-bond donors (Lipinski definition) is 0. The van der Waals surface area contributed by atoms with E-state index in [1.54, 1.807) is 0 Å². The second-order valence-electron chi connectivity index (χ2n) is 1.25. The van der Waals surface area contributed by atoms with Gasteiger partial charge in [0.15, 0.2) is 6.61 Å². The Bertz CT molecular complexity index is 105. The van der Waals surface area contributed by atoms with Crippen molar-refractivity contribution < 1.29 is 14.3 Å². The van der Waals surface area contributed by atoms with Crippen molar-refractivity contribution in [2.45, 2.75) is 0 Å². The Morgan fingerprint density at radius 3 is 2.57 bits per heavy atom. The molecular weight excluding hydrogens is 98.0 g/mol. The van der Waals surface area contributed by atoms with Crippen molar-refractivity contribution in [3.8, 4) is 0 Å². The van der Waals surface area contributed by atoms with Gasteiger partial charge in [-0.2, -0.15) is 0 Å². The first kappa shape index (κ1) is 4.39. The Morgan fingerprint density at radius 1 is 1.71 bits per heavy atom. The van der Waals surface area contributed by atoms with Gasteiger partial charge in [0.2, 0.25) is 0 Å². The van der Waals surface area contributed by atoms with Crippen molar-refractivity contribution in [3.63, 3.8) is 0 Å². The minimum absolute atomic E-state index is 0.0521. The van der Waals surface area contributed by atoms with E-state index < -0.39 is 5.91 Å². The van der Waals surface area contributed by atoms with Crippen molar-refractivity contribution in [1.82, 2.24) is 0 Å². The molecule has 1 fully saturated rings. The lowest BCUT2D eigenvalue weighted by Gasteiger charge is -1.64. The Balaban J connectivity index is 2.65. The molecule has 1 rings (SSSR count). The maximum Gasteiger partial charge on any atom is 0.461 e. The third-order valence-corrected chi connectivity index (χ3v) is 0.712. The first-order chi connectivity index (χ1) is 3.30. The average molecular weight is 102 g/mol. The molecule has 0 N–H and O–H groups in total. The van der Waals surface area contributed by atoms with Crippen LogP contribution in [0.25, 0.3) is 0 Å². The molecular formula is C3H4NO3+. The van der Waals surface area contributed by atoms with Crippen LogP contribution in [0, 0.1) is 4.91 Å². The van der Waals surface area contributed by atoms with Gasteiger partial charge in [-0.15, -0.1) is 0 Å². The van der Waals surface area contributed by atoms with Crippen molar-refractivity contribution in [2.75, 3.05) is 13.3 Å². The maximum absolute atomic E-state index is 10.1. The Kier molecular flexibility index (Phi) is 0.867. The van der Waals surface area contributed by atoms with Gasteiger partial charge in [0, 0.05) is 4.91 Å². The molecule has 0 aromatic rings. The number of ether oxygens (including phenoxy) is 1. The zero-order valence-electron chi connectivity index (χ0n) is 3.59. The largest absolute Gasteiger partial charge is 0.461 e. The summed E-state index contributed by atoms with van der Waals surface area (Å²) in [6.07, 6.45) is 0. The van der Waals surface area contributed by atoms with Crippen LogP contribution in [0.3, 0.4) is 0 Å². The van der Waals surface area contributed by atoms with E-state index in [1.807, 2.05) is 0 Å². The molecule has 7 heavy (non-hydrogen) atoms. The van der Waals surface area contributed by atoms with E-state index in [0.29, 0.717) is 4.76 Å². The summed E-state index contributed by atoms with van der Waals surface area (Å²) >= 11 is 0. The molecule has 0 bridgehead atoms. The van der Waals surface area contributed by atoms with Crippen molar-refractivity contribution in [1.29, 1.82) is 0 Å². The molecule has 0 spiro atoms. The van der Waals surface area contributed by atoms with Crippen molar-refractivity contribution in [3.05, 3.63) is 4.91 Å². The first-order valence-electron chi connectivity index (χ1n) is 1.86. The standard InChI is InChI=1S/C3H4NO3/c5-3-1-7-2-4(3)6/h1-2H2/q+1. The molecule has 0 radical (unpaired) electrons. The van der Waals surface area contributed by atoms with Gasteiger partial charge in [0.05, 0.1) is 0 Å². The van der Waals surface area contributed by atoms with E-state index in [9.17, 15) is 9.70 Å². The lowest BCUT2D eigenvalue weighted by molar-refractivity contribution is -0.479. The second-order valence-corrected chi connectivity index (χ2v) is 1.25. The summed E-state index contributed by atoms with van der Waals surface area (Å²) in [4.78, 5) is 20.1. The maximum atomic E-state index is 10.1. The van der Waals surface area contributed by atoms with E-state index in [4.69, 9.17) is 0 Å². The number of carbonyl (C=O) groups excluding carboxylic acids is 1. The Labute approximate surface area is 39.6 Å². The highest BCUT2D eigenvalue weighted by molar-refractivity contribution is 5.69. The minimum Gasteiger partial charge on any atom is -0.305 e. The Morgan fingerprint density at radius 2 is 2.43 bits per heavy atom. The van der Waals surface area contributed by atoms with E-state index in [-0.39, 0.29) is 13.3 Å². The molecule has 4 nitrogen and oxygen atoms in total. The summed E-state index contributed by atoms with van der Waals surface area (Å²) < 4.78 is 4.72. The molecule has 1 amide bonds. The van der Waals surface area contributed by atoms with Gasteiger partial charge in [-0.25, -0.2) is 4.79 Å². The summed E-state index contributed by atoms with van der Waals surface area (Å²) in [5.41, 5.74) is 0. The highest BCUT2D eigenvalue weighted by Gasteiger charge is 2.29. The minimum atomic E-state index is -0.486. The lowest BCUT2D eigenvalue weighted by atomic mass is 10.7. The monoisotopic (exact) mass is 102 g/mol. The van der Waals surface area contributed by atoms with E-state index >= 15 is 0 Å². The second kappa shape index (κ2) is 1.38. The lowest BCUT2D eigenvalue weighted by Crippen LogP contribution is -2.09.